The Hall–Kier alpha value is -1.29. The quantitative estimate of drug-likeness (QED) is 0.755. The topological polar surface area (TPSA) is 84.7 Å². The molecule has 21 heavy (non-hydrogen) atoms. The first kappa shape index (κ1) is 16.1. The van der Waals surface area contributed by atoms with E-state index in [2.05, 4.69) is 4.72 Å². The van der Waals surface area contributed by atoms with Crippen LogP contribution in [0.2, 0.25) is 0 Å². The van der Waals surface area contributed by atoms with Crippen LogP contribution in [0.5, 0.6) is 0 Å². The van der Waals surface area contributed by atoms with Crippen molar-refractivity contribution in [1.82, 2.24) is 9.62 Å². The van der Waals surface area contributed by atoms with Crippen LogP contribution in [0.15, 0.2) is 17.0 Å². The molecule has 0 aliphatic carbocycles. The van der Waals surface area contributed by atoms with Crippen LogP contribution in [-0.4, -0.2) is 52.7 Å². The van der Waals surface area contributed by atoms with Gasteiger partial charge in [0.2, 0.25) is 10.0 Å². The summed E-state index contributed by atoms with van der Waals surface area (Å²) in [4.78, 5) is 1.38. The van der Waals surface area contributed by atoms with Crippen LogP contribution in [0.1, 0.15) is 0 Å². The van der Waals surface area contributed by atoms with E-state index in [0.717, 1.165) is 19.2 Å². The summed E-state index contributed by atoms with van der Waals surface area (Å²) in [6.45, 7) is 3.27. The largest absolute Gasteiger partial charge is 0.396 e. The minimum absolute atomic E-state index is 0.124. The lowest BCUT2D eigenvalue weighted by atomic mass is 10.3. The predicted molar refractivity (Wildman–Crippen MR) is 73.2 cm³/mol. The molecular weight excluding hydrogens is 304 g/mol. The summed E-state index contributed by atoms with van der Waals surface area (Å²) >= 11 is 0. The number of sulfonamides is 1. The number of morpholine rings is 1. The number of halogens is 2. The molecule has 6 nitrogen and oxygen atoms in total. The van der Waals surface area contributed by atoms with Crippen LogP contribution in [0, 0.1) is 11.6 Å². The van der Waals surface area contributed by atoms with Gasteiger partial charge in [0.25, 0.3) is 0 Å². The second-order valence-electron chi connectivity index (χ2n) is 4.66. The van der Waals surface area contributed by atoms with Gasteiger partial charge in [-0.25, -0.2) is 21.9 Å². The SMILES string of the molecule is Nc1cc(S(=O)(=O)NCCN2CCOCC2)c(F)cc1F. The van der Waals surface area contributed by atoms with Crippen LogP contribution >= 0.6 is 0 Å². The number of hydrogen-bond donors (Lipinski definition) is 2. The smallest absolute Gasteiger partial charge is 0.243 e. The zero-order chi connectivity index (χ0) is 15.5. The molecule has 2 rings (SSSR count). The van der Waals surface area contributed by atoms with E-state index in [9.17, 15) is 17.2 Å². The first-order chi connectivity index (χ1) is 9.90. The summed E-state index contributed by atoms with van der Waals surface area (Å²) in [5.74, 6) is -2.15. The van der Waals surface area contributed by atoms with Crippen molar-refractivity contribution in [3.05, 3.63) is 23.8 Å². The molecule has 0 amide bonds. The van der Waals surface area contributed by atoms with Gasteiger partial charge in [0.1, 0.15) is 16.5 Å². The third-order valence-corrected chi connectivity index (χ3v) is 4.64. The second-order valence-corrected chi connectivity index (χ2v) is 6.39. The monoisotopic (exact) mass is 321 g/mol. The molecule has 0 aromatic heterocycles. The number of anilines is 1. The van der Waals surface area contributed by atoms with Gasteiger partial charge in [-0.1, -0.05) is 0 Å². The molecule has 118 valence electrons. The minimum atomic E-state index is -4.06. The van der Waals surface area contributed by atoms with Crippen molar-refractivity contribution in [3.8, 4) is 0 Å². The van der Waals surface area contributed by atoms with E-state index in [4.69, 9.17) is 10.5 Å². The zero-order valence-corrected chi connectivity index (χ0v) is 12.1. The molecular formula is C12H17F2N3O3S. The van der Waals surface area contributed by atoms with Crippen molar-refractivity contribution < 1.29 is 21.9 Å². The second kappa shape index (κ2) is 6.65. The lowest BCUT2D eigenvalue weighted by molar-refractivity contribution is 0.0390. The number of rotatable bonds is 5. The van der Waals surface area contributed by atoms with Crippen molar-refractivity contribution in [2.45, 2.75) is 4.90 Å². The van der Waals surface area contributed by atoms with Crippen LogP contribution in [-0.2, 0) is 14.8 Å². The lowest BCUT2D eigenvalue weighted by Crippen LogP contribution is -2.41. The molecule has 0 spiro atoms. The third kappa shape index (κ3) is 4.10. The maximum atomic E-state index is 13.6. The molecule has 0 unspecified atom stereocenters. The molecule has 1 aliphatic heterocycles. The average Bonchev–Trinajstić information content (AvgIpc) is 2.43. The summed E-state index contributed by atoms with van der Waals surface area (Å²) in [5.41, 5.74) is 4.86. The summed E-state index contributed by atoms with van der Waals surface area (Å²) in [5, 5.41) is 0. The van der Waals surface area contributed by atoms with Crippen molar-refractivity contribution >= 4 is 15.7 Å². The first-order valence-electron chi connectivity index (χ1n) is 6.44. The Balaban J connectivity index is 1.99. The number of benzene rings is 1. The Kier molecular flexibility index (Phi) is 5.09. The van der Waals surface area contributed by atoms with Crippen LogP contribution in [0.4, 0.5) is 14.5 Å². The van der Waals surface area contributed by atoms with Crippen LogP contribution in [0.3, 0.4) is 0 Å². The Bertz CT molecular complexity index is 604. The van der Waals surface area contributed by atoms with E-state index in [1.165, 1.54) is 0 Å². The number of nitrogen functional groups attached to an aromatic ring is 1. The molecule has 1 fully saturated rings. The fourth-order valence-corrected chi connectivity index (χ4v) is 3.10. The maximum Gasteiger partial charge on any atom is 0.243 e. The Morgan fingerprint density at radius 3 is 2.57 bits per heavy atom. The normalized spacial score (nSPS) is 17.0. The van der Waals surface area contributed by atoms with Gasteiger partial charge in [-0.15, -0.1) is 0 Å². The molecule has 0 radical (unpaired) electrons. The minimum Gasteiger partial charge on any atom is -0.396 e. The van der Waals surface area contributed by atoms with Gasteiger partial charge in [0.15, 0.2) is 0 Å². The van der Waals surface area contributed by atoms with Gasteiger partial charge >= 0.3 is 0 Å². The zero-order valence-electron chi connectivity index (χ0n) is 11.3. The average molecular weight is 321 g/mol. The summed E-state index contributed by atoms with van der Waals surface area (Å²) in [7, 11) is -4.06. The highest BCUT2D eigenvalue weighted by atomic mass is 32.2. The molecule has 3 N–H and O–H groups in total. The maximum absolute atomic E-state index is 13.6. The molecule has 1 saturated heterocycles. The molecule has 1 aliphatic rings. The molecule has 0 atom stereocenters. The van der Waals surface area contributed by atoms with E-state index in [-0.39, 0.29) is 6.54 Å². The lowest BCUT2D eigenvalue weighted by Gasteiger charge is -2.26. The molecule has 0 bridgehead atoms. The predicted octanol–water partition coefficient (Wildman–Crippen LogP) is 0.157. The van der Waals surface area contributed by atoms with Crippen molar-refractivity contribution in [2.75, 3.05) is 45.1 Å². The summed E-state index contributed by atoms with van der Waals surface area (Å²) in [6.07, 6.45) is 0. The van der Waals surface area contributed by atoms with Gasteiger partial charge < -0.3 is 10.5 Å². The first-order valence-corrected chi connectivity index (χ1v) is 7.93. The van der Waals surface area contributed by atoms with Crippen molar-refractivity contribution in [1.29, 1.82) is 0 Å². The molecule has 1 aromatic rings. The molecule has 1 heterocycles. The van der Waals surface area contributed by atoms with Crippen LogP contribution < -0.4 is 10.5 Å². The van der Waals surface area contributed by atoms with E-state index in [0.29, 0.717) is 25.8 Å². The summed E-state index contributed by atoms with van der Waals surface area (Å²) in [6, 6.07) is 1.24. The Morgan fingerprint density at radius 1 is 1.24 bits per heavy atom. The fraction of sp³-hybridized carbons (Fsp3) is 0.500. The van der Waals surface area contributed by atoms with Gasteiger partial charge in [-0.05, 0) is 6.07 Å². The highest BCUT2D eigenvalue weighted by molar-refractivity contribution is 7.89. The molecule has 1 aromatic carbocycles. The standard InChI is InChI=1S/C12H17F2N3O3S/c13-9-7-10(14)12(8-11(9)15)21(18,19)16-1-2-17-3-5-20-6-4-17/h7-8,16H,1-6,15H2. The van der Waals surface area contributed by atoms with Crippen molar-refractivity contribution in [3.63, 3.8) is 0 Å². The van der Waals surface area contributed by atoms with Gasteiger partial charge in [0.05, 0.1) is 18.9 Å². The number of nitrogens with two attached hydrogens (primary N) is 1. The van der Waals surface area contributed by atoms with E-state index in [1.807, 2.05) is 4.90 Å². The van der Waals surface area contributed by atoms with Crippen LogP contribution in [0.25, 0.3) is 0 Å². The number of hydrogen-bond acceptors (Lipinski definition) is 5. The number of ether oxygens (including phenoxy) is 1. The Labute approximate surface area is 121 Å². The summed E-state index contributed by atoms with van der Waals surface area (Å²) < 4.78 is 58.0. The third-order valence-electron chi connectivity index (χ3n) is 3.16. The van der Waals surface area contributed by atoms with E-state index < -0.39 is 32.2 Å². The fourth-order valence-electron chi connectivity index (χ4n) is 1.99. The van der Waals surface area contributed by atoms with Gasteiger partial charge in [0, 0.05) is 32.2 Å². The highest BCUT2D eigenvalue weighted by Gasteiger charge is 2.21. The number of nitrogens with one attached hydrogen (secondary N) is 1. The van der Waals surface area contributed by atoms with E-state index >= 15 is 0 Å². The number of nitrogens with zero attached hydrogens (tertiary/aromatic N) is 1. The van der Waals surface area contributed by atoms with Crippen molar-refractivity contribution in [2.24, 2.45) is 0 Å². The molecule has 9 heteroatoms. The Morgan fingerprint density at radius 2 is 1.90 bits per heavy atom. The van der Waals surface area contributed by atoms with Gasteiger partial charge in [-0.3, -0.25) is 4.90 Å². The van der Waals surface area contributed by atoms with E-state index in [1.54, 1.807) is 0 Å². The highest BCUT2D eigenvalue weighted by Crippen LogP contribution is 2.20. The van der Waals surface area contributed by atoms with Gasteiger partial charge in [-0.2, -0.15) is 0 Å². The molecule has 0 saturated carbocycles.